The van der Waals surface area contributed by atoms with Gasteiger partial charge in [0.05, 0.1) is 12.9 Å². The first-order chi connectivity index (χ1) is 12.6. The molecule has 0 atom stereocenters. The second-order valence-corrected chi connectivity index (χ2v) is 7.69. The number of carboxylic acids is 2. The molecular formula is C16H22N2O8S. The molecule has 27 heavy (non-hydrogen) atoms. The molecule has 2 rings (SSSR count). The van der Waals surface area contributed by atoms with Gasteiger partial charge in [-0.1, -0.05) is 0 Å². The van der Waals surface area contributed by atoms with Crippen LogP contribution in [0.15, 0.2) is 24.3 Å². The number of methoxy groups -OCH3 is 1. The fraction of sp³-hybridized carbons (Fsp3) is 0.438. The van der Waals surface area contributed by atoms with Gasteiger partial charge in [0.1, 0.15) is 5.75 Å². The van der Waals surface area contributed by atoms with Gasteiger partial charge in [-0.25, -0.2) is 18.0 Å². The highest BCUT2D eigenvalue weighted by Crippen LogP contribution is 2.15. The maximum atomic E-state index is 12.3. The van der Waals surface area contributed by atoms with Crippen molar-refractivity contribution in [2.75, 3.05) is 39.0 Å². The Labute approximate surface area is 157 Å². The van der Waals surface area contributed by atoms with Crippen LogP contribution in [0, 0.1) is 0 Å². The fourth-order valence-electron chi connectivity index (χ4n) is 2.27. The van der Waals surface area contributed by atoms with Gasteiger partial charge in [0.15, 0.2) is 0 Å². The molecule has 2 N–H and O–H groups in total. The SMILES string of the molecule is CCS(=O)(=O)N1CCN(C(=O)c2ccc(OC)cc2)CC1.O=C(O)C(=O)O. The topological polar surface area (TPSA) is 142 Å². The number of nitrogens with zero attached hydrogens (tertiary/aromatic N) is 2. The summed E-state index contributed by atoms with van der Waals surface area (Å²) in [5.74, 6) is -2.93. The lowest BCUT2D eigenvalue weighted by molar-refractivity contribution is -0.159. The first-order valence-corrected chi connectivity index (χ1v) is 9.60. The van der Waals surface area contributed by atoms with Crippen LogP contribution in [0.4, 0.5) is 0 Å². The van der Waals surface area contributed by atoms with Crippen molar-refractivity contribution in [3.05, 3.63) is 29.8 Å². The van der Waals surface area contributed by atoms with Crippen LogP contribution in [-0.2, 0) is 19.6 Å². The Hall–Kier alpha value is -2.66. The molecule has 1 heterocycles. The summed E-state index contributed by atoms with van der Waals surface area (Å²) in [7, 11) is -1.59. The molecule has 1 saturated heterocycles. The number of carbonyl (C=O) groups excluding carboxylic acids is 1. The molecule has 0 aromatic heterocycles. The van der Waals surface area contributed by atoms with Crippen LogP contribution in [0.1, 0.15) is 17.3 Å². The third kappa shape index (κ3) is 6.53. The predicted octanol–water partition coefficient (Wildman–Crippen LogP) is -0.0417. The third-order valence-electron chi connectivity index (χ3n) is 3.80. The van der Waals surface area contributed by atoms with E-state index in [9.17, 15) is 13.2 Å². The number of piperazine rings is 1. The van der Waals surface area contributed by atoms with Gasteiger partial charge in [-0.3, -0.25) is 4.79 Å². The van der Waals surface area contributed by atoms with Crippen molar-refractivity contribution in [3.8, 4) is 5.75 Å². The number of carboxylic acid groups (broad SMARTS) is 2. The van der Waals surface area contributed by atoms with Gasteiger partial charge in [0, 0.05) is 31.7 Å². The van der Waals surface area contributed by atoms with Gasteiger partial charge in [0.2, 0.25) is 10.0 Å². The normalized spacial score (nSPS) is 14.7. The number of hydrogen-bond acceptors (Lipinski definition) is 6. The zero-order chi connectivity index (χ0) is 20.6. The van der Waals surface area contributed by atoms with E-state index >= 15 is 0 Å². The molecule has 1 aromatic rings. The number of sulfonamides is 1. The molecular weight excluding hydrogens is 380 g/mol. The lowest BCUT2D eigenvalue weighted by atomic mass is 10.2. The van der Waals surface area contributed by atoms with Crippen molar-refractivity contribution in [1.29, 1.82) is 0 Å². The summed E-state index contributed by atoms with van der Waals surface area (Å²) in [5, 5.41) is 14.8. The van der Waals surface area contributed by atoms with E-state index < -0.39 is 22.0 Å². The molecule has 1 amide bonds. The van der Waals surface area contributed by atoms with Crippen molar-refractivity contribution in [2.24, 2.45) is 0 Å². The van der Waals surface area contributed by atoms with Gasteiger partial charge >= 0.3 is 11.9 Å². The number of hydrogen-bond donors (Lipinski definition) is 2. The zero-order valence-electron chi connectivity index (χ0n) is 15.0. The van der Waals surface area contributed by atoms with E-state index in [4.69, 9.17) is 24.5 Å². The summed E-state index contributed by atoms with van der Waals surface area (Å²) in [6.07, 6.45) is 0. The summed E-state index contributed by atoms with van der Waals surface area (Å²) >= 11 is 0. The third-order valence-corrected chi connectivity index (χ3v) is 5.69. The predicted molar refractivity (Wildman–Crippen MR) is 95.2 cm³/mol. The van der Waals surface area contributed by atoms with Crippen molar-refractivity contribution < 1.29 is 37.8 Å². The van der Waals surface area contributed by atoms with E-state index in [0.717, 1.165) is 0 Å². The lowest BCUT2D eigenvalue weighted by Gasteiger charge is -2.33. The van der Waals surface area contributed by atoms with Gasteiger partial charge < -0.3 is 19.8 Å². The molecule has 0 saturated carbocycles. The molecule has 1 fully saturated rings. The molecule has 10 nitrogen and oxygen atoms in total. The number of amides is 1. The molecule has 0 spiro atoms. The highest BCUT2D eigenvalue weighted by molar-refractivity contribution is 7.89. The summed E-state index contributed by atoms with van der Waals surface area (Å²) in [6, 6.07) is 6.92. The van der Waals surface area contributed by atoms with E-state index in [1.807, 2.05) is 0 Å². The molecule has 0 unspecified atom stereocenters. The van der Waals surface area contributed by atoms with Crippen LogP contribution in [0.5, 0.6) is 5.75 Å². The summed E-state index contributed by atoms with van der Waals surface area (Å²) in [4.78, 5) is 32.2. The first-order valence-electron chi connectivity index (χ1n) is 7.99. The first kappa shape index (κ1) is 22.4. The number of aliphatic carboxylic acids is 2. The maximum Gasteiger partial charge on any atom is 0.414 e. The molecule has 150 valence electrons. The second-order valence-electron chi connectivity index (χ2n) is 5.43. The van der Waals surface area contributed by atoms with Crippen LogP contribution < -0.4 is 4.74 Å². The second kappa shape index (κ2) is 9.88. The van der Waals surface area contributed by atoms with E-state index in [-0.39, 0.29) is 11.7 Å². The van der Waals surface area contributed by atoms with Crippen molar-refractivity contribution >= 4 is 27.9 Å². The number of carbonyl (C=O) groups is 3. The van der Waals surface area contributed by atoms with Crippen LogP contribution in [-0.4, -0.2) is 84.7 Å². The van der Waals surface area contributed by atoms with Gasteiger partial charge in [0.25, 0.3) is 5.91 Å². The van der Waals surface area contributed by atoms with E-state index in [2.05, 4.69) is 0 Å². The maximum absolute atomic E-state index is 12.3. The molecule has 0 aliphatic carbocycles. The average molecular weight is 402 g/mol. The van der Waals surface area contributed by atoms with E-state index in [1.165, 1.54) is 4.31 Å². The van der Waals surface area contributed by atoms with Crippen molar-refractivity contribution in [2.45, 2.75) is 6.92 Å². The Morgan fingerprint density at radius 1 is 1.00 bits per heavy atom. The van der Waals surface area contributed by atoms with Crippen LogP contribution >= 0.6 is 0 Å². The Bertz CT molecular complexity index is 756. The Morgan fingerprint density at radius 2 is 1.48 bits per heavy atom. The monoisotopic (exact) mass is 402 g/mol. The van der Waals surface area contributed by atoms with E-state index in [1.54, 1.807) is 43.2 Å². The van der Waals surface area contributed by atoms with Crippen molar-refractivity contribution in [3.63, 3.8) is 0 Å². The highest BCUT2D eigenvalue weighted by atomic mass is 32.2. The Kier molecular flexibility index (Phi) is 8.19. The molecule has 0 bridgehead atoms. The Balaban J connectivity index is 0.000000527. The number of ether oxygens (including phenoxy) is 1. The minimum atomic E-state index is -3.17. The fourth-order valence-corrected chi connectivity index (χ4v) is 3.35. The molecule has 11 heteroatoms. The van der Waals surface area contributed by atoms with Gasteiger partial charge in [-0.15, -0.1) is 0 Å². The zero-order valence-corrected chi connectivity index (χ0v) is 15.8. The quantitative estimate of drug-likeness (QED) is 0.668. The molecule has 1 aromatic carbocycles. The smallest absolute Gasteiger partial charge is 0.414 e. The van der Waals surface area contributed by atoms with Crippen LogP contribution in [0.25, 0.3) is 0 Å². The summed E-state index contributed by atoms with van der Waals surface area (Å²) < 4.78 is 30.1. The Morgan fingerprint density at radius 3 is 1.85 bits per heavy atom. The number of rotatable bonds is 4. The minimum absolute atomic E-state index is 0.0776. The van der Waals surface area contributed by atoms with Crippen LogP contribution in [0.3, 0.4) is 0 Å². The summed E-state index contributed by atoms with van der Waals surface area (Å²) in [6.45, 7) is 3.19. The van der Waals surface area contributed by atoms with Crippen molar-refractivity contribution in [1.82, 2.24) is 9.21 Å². The van der Waals surface area contributed by atoms with E-state index in [0.29, 0.717) is 37.5 Å². The average Bonchev–Trinajstić information content (AvgIpc) is 2.68. The highest BCUT2D eigenvalue weighted by Gasteiger charge is 2.27. The standard InChI is InChI=1S/C14H20N2O4S.C2H2O4/c1-3-21(18,19)16-10-8-15(9-11-16)14(17)12-4-6-13(20-2)7-5-12;3-1(4)2(5)6/h4-7H,3,8-11H2,1-2H3;(H,3,4)(H,5,6). The number of benzene rings is 1. The van der Waals surface area contributed by atoms with Crippen LogP contribution in [0.2, 0.25) is 0 Å². The summed E-state index contributed by atoms with van der Waals surface area (Å²) in [5.41, 5.74) is 0.586. The molecule has 1 aliphatic rings. The molecule has 1 aliphatic heterocycles. The van der Waals surface area contributed by atoms with Gasteiger partial charge in [-0.2, -0.15) is 4.31 Å². The largest absolute Gasteiger partial charge is 0.497 e. The minimum Gasteiger partial charge on any atom is -0.497 e. The lowest BCUT2D eigenvalue weighted by Crippen LogP contribution is -2.50. The van der Waals surface area contributed by atoms with Gasteiger partial charge in [-0.05, 0) is 31.2 Å². The molecule has 0 radical (unpaired) electrons.